The molecule has 0 bridgehead atoms. The van der Waals surface area contributed by atoms with E-state index >= 15 is 0 Å². The van der Waals surface area contributed by atoms with Crippen molar-refractivity contribution in [2.75, 3.05) is 11.4 Å². The SMILES string of the molecule is NCc1ccc(N2CCCc3ccccc32)cc1Cl. The van der Waals surface area contributed by atoms with E-state index < -0.39 is 0 Å². The maximum atomic E-state index is 6.27. The molecule has 0 aliphatic carbocycles. The van der Waals surface area contributed by atoms with Gasteiger partial charge in [-0.1, -0.05) is 35.9 Å². The molecule has 2 aromatic carbocycles. The third kappa shape index (κ3) is 2.34. The molecule has 1 heterocycles. The number of para-hydroxylation sites is 1. The van der Waals surface area contributed by atoms with Crippen molar-refractivity contribution in [1.82, 2.24) is 0 Å². The summed E-state index contributed by atoms with van der Waals surface area (Å²) in [5.74, 6) is 0. The molecular formula is C16H17ClN2. The summed E-state index contributed by atoms with van der Waals surface area (Å²) in [6.45, 7) is 1.52. The number of halogens is 1. The van der Waals surface area contributed by atoms with Crippen LogP contribution in [0.2, 0.25) is 5.02 Å². The number of rotatable bonds is 2. The quantitative estimate of drug-likeness (QED) is 0.899. The van der Waals surface area contributed by atoms with Gasteiger partial charge in [0.1, 0.15) is 0 Å². The smallest absolute Gasteiger partial charge is 0.0471 e. The predicted octanol–water partition coefficient (Wildman–Crippen LogP) is 3.88. The van der Waals surface area contributed by atoms with Gasteiger partial charge in [0.15, 0.2) is 0 Å². The molecule has 0 saturated carbocycles. The van der Waals surface area contributed by atoms with E-state index in [1.807, 2.05) is 12.1 Å². The molecule has 0 atom stereocenters. The standard InChI is InChI=1S/C16H17ClN2/c17-15-10-14(8-7-13(15)11-18)19-9-3-5-12-4-1-2-6-16(12)19/h1-2,4,6-8,10H,3,5,9,11,18H2. The lowest BCUT2D eigenvalue weighted by atomic mass is 10.0. The van der Waals surface area contributed by atoms with Crippen LogP contribution in [0, 0.1) is 0 Å². The second kappa shape index (κ2) is 5.24. The van der Waals surface area contributed by atoms with Gasteiger partial charge in [0, 0.05) is 29.5 Å². The van der Waals surface area contributed by atoms with Crippen molar-refractivity contribution in [3.8, 4) is 0 Å². The van der Waals surface area contributed by atoms with Crippen LogP contribution in [0.15, 0.2) is 42.5 Å². The second-order valence-electron chi connectivity index (χ2n) is 4.86. The van der Waals surface area contributed by atoms with Crippen LogP contribution >= 0.6 is 11.6 Å². The normalized spacial score (nSPS) is 14.3. The van der Waals surface area contributed by atoms with E-state index in [0.29, 0.717) is 6.54 Å². The molecule has 3 rings (SSSR count). The lowest BCUT2D eigenvalue weighted by Gasteiger charge is -2.31. The van der Waals surface area contributed by atoms with Crippen LogP contribution in [-0.2, 0) is 13.0 Å². The number of hydrogen-bond acceptors (Lipinski definition) is 2. The van der Waals surface area contributed by atoms with Crippen molar-refractivity contribution in [3.63, 3.8) is 0 Å². The summed E-state index contributed by atoms with van der Waals surface area (Å²) in [4.78, 5) is 2.34. The highest BCUT2D eigenvalue weighted by Gasteiger charge is 2.18. The minimum Gasteiger partial charge on any atom is -0.341 e. The third-order valence-corrected chi connectivity index (χ3v) is 4.03. The molecule has 1 aliphatic rings. The molecular weight excluding hydrogens is 256 g/mol. The molecule has 19 heavy (non-hydrogen) atoms. The largest absolute Gasteiger partial charge is 0.341 e. The van der Waals surface area contributed by atoms with Gasteiger partial charge in [0.2, 0.25) is 0 Å². The van der Waals surface area contributed by atoms with Gasteiger partial charge in [0.05, 0.1) is 0 Å². The van der Waals surface area contributed by atoms with Crippen LogP contribution in [0.5, 0.6) is 0 Å². The van der Waals surface area contributed by atoms with Crippen molar-refractivity contribution in [3.05, 3.63) is 58.6 Å². The van der Waals surface area contributed by atoms with Gasteiger partial charge in [0.25, 0.3) is 0 Å². The van der Waals surface area contributed by atoms with Gasteiger partial charge in [-0.25, -0.2) is 0 Å². The number of nitrogens with two attached hydrogens (primary N) is 1. The lowest BCUT2D eigenvalue weighted by Crippen LogP contribution is -2.24. The fourth-order valence-electron chi connectivity index (χ4n) is 2.67. The van der Waals surface area contributed by atoms with Gasteiger partial charge < -0.3 is 10.6 Å². The summed E-state index contributed by atoms with van der Waals surface area (Å²) >= 11 is 6.27. The number of benzene rings is 2. The molecule has 0 fully saturated rings. The Kier molecular flexibility index (Phi) is 3.45. The molecule has 1 aliphatic heterocycles. The van der Waals surface area contributed by atoms with Gasteiger partial charge in [-0.3, -0.25) is 0 Å². The molecule has 0 aromatic heterocycles. The van der Waals surface area contributed by atoms with Crippen molar-refractivity contribution in [2.45, 2.75) is 19.4 Å². The molecule has 3 heteroatoms. The zero-order chi connectivity index (χ0) is 13.2. The van der Waals surface area contributed by atoms with Crippen LogP contribution in [-0.4, -0.2) is 6.54 Å². The van der Waals surface area contributed by atoms with Gasteiger partial charge in [-0.15, -0.1) is 0 Å². The van der Waals surface area contributed by atoms with E-state index in [2.05, 4.69) is 35.2 Å². The Balaban J connectivity index is 2.02. The Bertz CT molecular complexity index is 595. The Morgan fingerprint density at radius 1 is 1.16 bits per heavy atom. The molecule has 2 N–H and O–H groups in total. The highest BCUT2D eigenvalue weighted by Crippen LogP contribution is 2.34. The first-order valence-electron chi connectivity index (χ1n) is 6.63. The van der Waals surface area contributed by atoms with Crippen molar-refractivity contribution in [2.24, 2.45) is 5.73 Å². The Morgan fingerprint density at radius 3 is 2.79 bits per heavy atom. The molecule has 2 aromatic rings. The highest BCUT2D eigenvalue weighted by molar-refractivity contribution is 6.31. The topological polar surface area (TPSA) is 29.3 Å². The first-order valence-corrected chi connectivity index (χ1v) is 7.01. The summed E-state index contributed by atoms with van der Waals surface area (Å²) < 4.78 is 0. The lowest BCUT2D eigenvalue weighted by molar-refractivity contribution is 0.767. The van der Waals surface area contributed by atoms with E-state index in [0.717, 1.165) is 29.2 Å². The molecule has 0 radical (unpaired) electrons. The Labute approximate surface area is 118 Å². The molecule has 0 saturated heterocycles. The highest BCUT2D eigenvalue weighted by atomic mass is 35.5. The summed E-state index contributed by atoms with van der Waals surface area (Å²) in [6.07, 6.45) is 2.33. The number of nitrogens with zero attached hydrogens (tertiary/aromatic N) is 1. The van der Waals surface area contributed by atoms with E-state index in [4.69, 9.17) is 17.3 Å². The third-order valence-electron chi connectivity index (χ3n) is 3.68. The Morgan fingerprint density at radius 2 is 2.00 bits per heavy atom. The van der Waals surface area contributed by atoms with Crippen molar-refractivity contribution >= 4 is 23.0 Å². The molecule has 98 valence electrons. The summed E-state index contributed by atoms with van der Waals surface area (Å²) in [5, 5.41) is 0.753. The summed E-state index contributed by atoms with van der Waals surface area (Å²) in [7, 11) is 0. The van der Waals surface area contributed by atoms with Gasteiger partial charge in [-0.2, -0.15) is 0 Å². The van der Waals surface area contributed by atoms with Crippen LogP contribution in [0.4, 0.5) is 11.4 Å². The van der Waals surface area contributed by atoms with Crippen LogP contribution < -0.4 is 10.6 Å². The maximum absolute atomic E-state index is 6.27. The first kappa shape index (κ1) is 12.5. The average molecular weight is 273 g/mol. The maximum Gasteiger partial charge on any atom is 0.0471 e. The van der Waals surface area contributed by atoms with Crippen molar-refractivity contribution < 1.29 is 0 Å². The fraction of sp³-hybridized carbons (Fsp3) is 0.250. The summed E-state index contributed by atoms with van der Waals surface area (Å²) in [5.41, 5.74) is 10.5. The summed E-state index contributed by atoms with van der Waals surface area (Å²) in [6, 6.07) is 14.7. The molecule has 0 amide bonds. The van der Waals surface area contributed by atoms with E-state index in [1.165, 1.54) is 17.7 Å². The zero-order valence-electron chi connectivity index (χ0n) is 10.8. The first-order chi connectivity index (χ1) is 9.29. The van der Waals surface area contributed by atoms with E-state index in [1.54, 1.807) is 0 Å². The van der Waals surface area contributed by atoms with Crippen LogP contribution in [0.3, 0.4) is 0 Å². The number of aryl methyl sites for hydroxylation is 1. The monoisotopic (exact) mass is 272 g/mol. The van der Waals surface area contributed by atoms with E-state index in [9.17, 15) is 0 Å². The van der Waals surface area contributed by atoms with Gasteiger partial charge in [-0.05, 0) is 42.2 Å². The Hall–Kier alpha value is -1.51. The molecule has 0 unspecified atom stereocenters. The van der Waals surface area contributed by atoms with Gasteiger partial charge >= 0.3 is 0 Å². The fourth-order valence-corrected chi connectivity index (χ4v) is 2.92. The number of hydrogen-bond donors (Lipinski definition) is 1. The molecule has 2 nitrogen and oxygen atoms in total. The van der Waals surface area contributed by atoms with E-state index in [-0.39, 0.29) is 0 Å². The van der Waals surface area contributed by atoms with Crippen LogP contribution in [0.25, 0.3) is 0 Å². The average Bonchev–Trinajstić information content (AvgIpc) is 2.46. The number of fused-ring (bicyclic) bond motifs is 1. The molecule has 0 spiro atoms. The number of anilines is 2. The minimum atomic E-state index is 0.482. The zero-order valence-corrected chi connectivity index (χ0v) is 11.5. The second-order valence-corrected chi connectivity index (χ2v) is 5.27. The van der Waals surface area contributed by atoms with Crippen molar-refractivity contribution in [1.29, 1.82) is 0 Å². The predicted molar refractivity (Wildman–Crippen MR) is 81.1 cm³/mol. The van der Waals surface area contributed by atoms with Crippen LogP contribution in [0.1, 0.15) is 17.5 Å². The minimum absolute atomic E-state index is 0.482.